The maximum Gasteiger partial charge on any atom is 0.197 e. The van der Waals surface area contributed by atoms with Gasteiger partial charge in [-0.3, -0.25) is 4.79 Å². The van der Waals surface area contributed by atoms with Crippen molar-refractivity contribution in [3.8, 4) is 0 Å². The summed E-state index contributed by atoms with van der Waals surface area (Å²) in [6.45, 7) is 4.28. The van der Waals surface area contributed by atoms with Crippen LogP contribution in [0.3, 0.4) is 0 Å². The Morgan fingerprint density at radius 2 is 1.83 bits per heavy atom. The summed E-state index contributed by atoms with van der Waals surface area (Å²) in [5.74, 6) is 0.774. The molecular formula is C19H28O4. The third kappa shape index (κ3) is 1.88. The van der Waals surface area contributed by atoms with Crippen molar-refractivity contribution in [2.45, 2.75) is 71.0 Å². The summed E-state index contributed by atoms with van der Waals surface area (Å²) in [4.78, 5) is 11.9. The first-order chi connectivity index (χ1) is 10.8. The number of carbonyl (C=O) groups excluding carboxylic acids is 1. The normalized spacial score (nSPS) is 52.9. The van der Waals surface area contributed by atoms with Crippen LogP contribution in [0.2, 0.25) is 0 Å². The van der Waals surface area contributed by atoms with E-state index in [2.05, 4.69) is 13.8 Å². The van der Waals surface area contributed by atoms with E-state index >= 15 is 0 Å². The van der Waals surface area contributed by atoms with E-state index < -0.39 is 6.10 Å². The number of allylic oxidation sites excluding steroid dienone is 1. The second kappa shape index (κ2) is 4.82. The van der Waals surface area contributed by atoms with Gasteiger partial charge in [-0.1, -0.05) is 13.8 Å². The molecule has 4 nitrogen and oxygen atoms in total. The third-order valence-corrected chi connectivity index (χ3v) is 7.98. The predicted octanol–water partition coefficient (Wildman–Crippen LogP) is 2.74. The monoisotopic (exact) mass is 320 g/mol. The van der Waals surface area contributed by atoms with E-state index in [4.69, 9.17) is 0 Å². The average molecular weight is 320 g/mol. The van der Waals surface area contributed by atoms with Gasteiger partial charge in [0.15, 0.2) is 11.5 Å². The number of aliphatic hydroxyl groups excluding tert-OH is 3. The van der Waals surface area contributed by atoms with Crippen LogP contribution in [0, 0.1) is 28.6 Å². The lowest BCUT2D eigenvalue weighted by atomic mass is 9.46. The summed E-state index contributed by atoms with van der Waals surface area (Å²) in [5, 5.41) is 31.8. The molecule has 0 radical (unpaired) electrons. The van der Waals surface area contributed by atoms with Crippen LogP contribution in [0.5, 0.6) is 0 Å². The number of ketones is 1. The van der Waals surface area contributed by atoms with Crippen LogP contribution in [0.25, 0.3) is 0 Å². The molecule has 3 fully saturated rings. The molecule has 4 aliphatic carbocycles. The van der Waals surface area contributed by atoms with Crippen molar-refractivity contribution in [1.82, 2.24) is 0 Å². The number of rotatable bonds is 0. The van der Waals surface area contributed by atoms with E-state index in [0.717, 1.165) is 37.7 Å². The van der Waals surface area contributed by atoms with Gasteiger partial charge in [-0.15, -0.1) is 0 Å². The molecule has 0 spiro atoms. The number of hydrogen-bond donors (Lipinski definition) is 3. The van der Waals surface area contributed by atoms with Crippen molar-refractivity contribution < 1.29 is 20.1 Å². The van der Waals surface area contributed by atoms with Crippen LogP contribution >= 0.6 is 0 Å². The van der Waals surface area contributed by atoms with Gasteiger partial charge >= 0.3 is 0 Å². The van der Waals surface area contributed by atoms with Gasteiger partial charge < -0.3 is 15.3 Å². The minimum Gasteiger partial charge on any atom is -0.504 e. The number of carbonyl (C=O) groups is 1. The molecule has 0 unspecified atom stereocenters. The number of aliphatic hydroxyl groups is 3. The van der Waals surface area contributed by atoms with Crippen LogP contribution in [0.4, 0.5) is 0 Å². The molecule has 4 heteroatoms. The summed E-state index contributed by atoms with van der Waals surface area (Å²) in [6.07, 6.45) is 4.51. The predicted molar refractivity (Wildman–Crippen MR) is 85.7 cm³/mol. The maximum atomic E-state index is 11.9. The van der Waals surface area contributed by atoms with Crippen molar-refractivity contribution in [1.29, 1.82) is 0 Å². The molecule has 128 valence electrons. The molecule has 0 aliphatic heterocycles. The number of hydrogen-bond acceptors (Lipinski definition) is 4. The van der Waals surface area contributed by atoms with Crippen LogP contribution in [-0.4, -0.2) is 33.3 Å². The Bertz CT molecular complexity index is 582. The van der Waals surface area contributed by atoms with Gasteiger partial charge in [-0.05, 0) is 72.7 Å². The smallest absolute Gasteiger partial charge is 0.197 e. The first-order valence-electron chi connectivity index (χ1n) is 9.11. The highest BCUT2D eigenvalue weighted by Gasteiger charge is 2.62. The van der Waals surface area contributed by atoms with E-state index in [9.17, 15) is 20.1 Å². The molecule has 0 heterocycles. The zero-order chi connectivity index (χ0) is 16.6. The molecule has 0 amide bonds. The van der Waals surface area contributed by atoms with Crippen LogP contribution in [0.15, 0.2) is 11.3 Å². The summed E-state index contributed by atoms with van der Waals surface area (Å²) in [5.41, 5.74) is 0.441. The Kier molecular flexibility index (Phi) is 3.28. The Labute approximate surface area is 137 Å². The van der Waals surface area contributed by atoms with E-state index in [0.29, 0.717) is 24.7 Å². The van der Waals surface area contributed by atoms with Gasteiger partial charge in [0.2, 0.25) is 0 Å². The zero-order valence-corrected chi connectivity index (χ0v) is 14.1. The molecular weight excluding hydrogens is 292 g/mol. The number of Topliss-reactive ketones (excluding diaryl/α,β-unsaturated/α-hetero) is 1. The van der Waals surface area contributed by atoms with Crippen LogP contribution in [0.1, 0.15) is 58.8 Å². The lowest BCUT2D eigenvalue weighted by Gasteiger charge is -2.59. The zero-order valence-electron chi connectivity index (χ0n) is 14.1. The molecule has 7 atom stereocenters. The van der Waals surface area contributed by atoms with Crippen LogP contribution in [-0.2, 0) is 4.79 Å². The molecule has 4 rings (SSSR count). The molecule has 0 aromatic carbocycles. The lowest BCUT2D eigenvalue weighted by molar-refractivity contribution is -0.144. The molecule has 0 aromatic rings. The fourth-order valence-electron chi connectivity index (χ4n) is 6.79. The van der Waals surface area contributed by atoms with E-state index in [-0.39, 0.29) is 34.4 Å². The molecule has 0 saturated heterocycles. The molecule has 0 aromatic heterocycles. The van der Waals surface area contributed by atoms with Crippen molar-refractivity contribution in [3.63, 3.8) is 0 Å². The topological polar surface area (TPSA) is 77.8 Å². The molecule has 3 N–H and O–H groups in total. The first kappa shape index (κ1) is 15.6. The highest BCUT2D eigenvalue weighted by Crippen LogP contribution is 2.65. The maximum absolute atomic E-state index is 11.9. The summed E-state index contributed by atoms with van der Waals surface area (Å²) >= 11 is 0. The molecule has 23 heavy (non-hydrogen) atoms. The average Bonchev–Trinajstić information content (AvgIpc) is 2.78. The van der Waals surface area contributed by atoms with Crippen molar-refractivity contribution in [3.05, 3.63) is 11.3 Å². The molecule has 4 aliphatic rings. The van der Waals surface area contributed by atoms with E-state index in [1.165, 1.54) is 0 Å². The fourth-order valence-corrected chi connectivity index (χ4v) is 6.79. The highest BCUT2D eigenvalue weighted by atomic mass is 16.3. The van der Waals surface area contributed by atoms with Crippen molar-refractivity contribution >= 4 is 5.78 Å². The standard InChI is InChI=1S/C19H28O4/c1-18-8-7-13(20)17(23)12(18)4-3-10-11-5-6-15(22)19(11,2)9-14(21)16(10)18/h10-11,14-16,21-23H,3-9H2,1-2H3/t10-,11-,14+,15-,16+,18-,19-/m0/s1. The molecule has 3 saturated carbocycles. The highest BCUT2D eigenvalue weighted by molar-refractivity contribution is 5.95. The van der Waals surface area contributed by atoms with Crippen LogP contribution < -0.4 is 0 Å². The number of fused-ring (bicyclic) bond motifs is 5. The first-order valence-corrected chi connectivity index (χ1v) is 9.11. The van der Waals surface area contributed by atoms with Gasteiger partial charge in [0.05, 0.1) is 12.2 Å². The minimum absolute atomic E-state index is 0.0239. The minimum atomic E-state index is -0.463. The van der Waals surface area contributed by atoms with E-state index in [1.54, 1.807) is 0 Å². The fraction of sp³-hybridized carbons (Fsp3) is 0.842. The summed E-state index contributed by atoms with van der Waals surface area (Å²) in [7, 11) is 0. The second-order valence-electron chi connectivity index (χ2n) is 8.87. The Balaban J connectivity index is 1.77. The summed E-state index contributed by atoms with van der Waals surface area (Å²) < 4.78 is 0. The second-order valence-corrected chi connectivity index (χ2v) is 8.87. The molecule has 0 bridgehead atoms. The SMILES string of the molecule is C[C@]12C[C@@H](O)[C@H]3[C@@H](CCC4=C(O)C(=O)CC[C@@]43C)[C@@H]1CC[C@@H]2O. The Hall–Kier alpha value is -0.870. The van der Waals surface area contributed by atoms with Crippen molar-refractivity contribution in [2.75, 3.05) is 0 Å². The lowest BCUT2D eigenvalue weighted by Crippen LogP contribution is -2.57. The van der Waals surface area contributed by atoms with Gasteiger partial charge in [-0.25, -0.2) is 0 Å². The van der Waals surface area contributed by atoms with Gasteiger partial charge in [0.25, 0.3) is 0 Å². The van der Waals surface area contributed by atoms with Gasteiger partial charge in [-0.2, -0.15) is 0 Å². The Morgan fingerprint density at radius 1 is 1.09 bits per heavy atom. The van der Waals surface area contributed by atoms with Gasteiger partial charge in [0.1, 0.15) is 0 Å². The van der Waals surface area contributed by atoms with Crippen molar-refractivity contribution in [2.24, 2.45) is 28.6 Å². The Morgan fingerprint density at radius 3 is 2.57 bits per heavy atom. The van der Waals surface area contributed by atoms with E-state index in [1.807, 2.05) is 0 Å². The summed E-state index contributed by atoms with van der Waals surface area (Å²) in [6, 6.07) is 0. The quantitative estimate of drug-likeness (QED) is 0.641. The largest absolute Gasteiger partial charge is 0.504 e. The van der Waals surface area contributed by atoms with Gasteiger partial charge in [0, 0.05) is 6.42 Å². The third-order valence-electron chi connectivity index (χ3n) is 7.98.